The van der Waals surface area contributed by atoms with Crippen molar-refractivity contribution < 1.29 is 21.9 Å². The lowest BCUT2D eigenvalue weighted by molar-refractivity contribution is 0.146. The maximum atomic E-state index is 13.7. The Hall–Kier alpha value is -1.09. The Morgan fingerprint density at radius 1 is 1.29 bits per heavy atom. The molecule has 0 aromatic heterocycles. The van der Waals surface area contributed by atoms with Crippen LogP contribution < -0.4 is 10.0 Å². The fourth-order valence-electron chi connectivity index (χ4n) is 1.72. The average Bonchev–Trinajstić information content (AvgIpc) is 2.42. The summed E-state index contributed by atoms with van der Waals surface area (Å²) < 4.78 is 58.5. The Morgan fingerprint density at radius 3 is 2.62 bits per heavy atom. The second-order valence-corrected chi connectivity index (χ2v) is 6.10. The lowest BCUT2D eigenvalue weighted by atomic mass is 10.2. The van der Waals surface area contributed by atoms with Gasteiger partial charge in [0.25, 0.3) is 0 Å². The maximum absolute atomic E-state index is 13.7. The minimum Gasteiger partial charge on any atom is -0.382 e. The van der Waals surface area contributed by atoms with Crippen LogP contribution >= 0.6 is 0 Å². The van der Waals surface area contributed by atoms with Crippen molar-refractivity contribution in [2.24, 2.45) is 0 Å². The average molecular weight is 322 g/mol. The molecule has 0 saturated heterocycles. The van der Waals surface area contributed by atoms with E-state index in [1.807, 2.05) is 6.92 Å². The van der Waals surface area contributed by atoms with Gasteiger partial charge >= 0.3 is 0 Å². The molecule has 0 fully saturated rings. The molecule has 0 amide bonds. The first-order chi connectivity index (χ1) is 9.92. The van der Waals surface area contributed by atoms with Crippen LogP contribution in [0, 0.1) is 11.6 Å². The van der Waals surface area contributed by atoms with Crippen molar-refractivity contribution in [1.29, 1.82) is 0 Å². The molecule has 21 heavy (non-hydrogen) atoms. The molecule has 0 aliphatic carbocycles. The van der Waals surface area contributed by atoms with Gasteiger partial charge in [-0.25, -0.2) is 21.9 Å². The number of nitrogens with one attached hydrogen (secondary N) is 2. The Labute approximate surface area is 123 Å². The second kappa shape index (κ2) is 8.38. The number of hydrogen-bond donors (Lipinski definition) is 2. The highest BCUT2D eigenvalue weighted by atomic mass is 32.2. The predicted molar refractivity (Wildman–Crippen MR) is 75.4 cm³/mol. The summed E-state index contributed by atoms with van der Waals surface area (Å²) in [5.41, 5.74) is 0.353. The summed E-state index contributed by atoms with van der Waals surface area (Å²) in [5.74, 6) is -2.55. The summed E-state index contributed by atoms with van der Waals surface area (Å²) in [6.45, 7) is 3.10. The Morgan fingerprint density at radius 2 is 2.00 bits per heavy atom. The van der Waals surface area contributed by atoms with Crippen LogP contribution in [0.4, 0.5) is 8.78 Å². The van der Waals surface area contributed by atoms with Gasteiger partial charge in [-0.3, -0.25) is 0 Å². The van der Waals surface area contributed by atoms with Crippen LogP contribution in [0.15, 0.2) is 17.0 Å². The summed E-state index contributed by atoms with van der Waals surface area (Å²) in [7, 11) is -2.46. The van der Waals surface area contributed by atoms with Gasteiger partial charge in [-0.1, -0.05) is 0 Å². The van der Waals surface area contributed by atoms with Crippen LogP contribution in [0.25, 0.3) is 0 Å². The van der Waals surface area contributed by atoms with Crippen LogP contribution in [0.2, 0.25) is 0 Å². The first kappa shape index (κ1) is 18.0. The molecule has 0 aliphatic rings. The zero-order valence-electron chi connectivity index (χ0n) is 12.1. The molecular formula is C13H20F2N2O3S. The molecular weight excluding hydrogens is 302 g/mol. The smallest absolute Gasteiger partial charge is 0.243 e. The number of sulfonamides is 1. The summed E-state index contributed by atoms with van der Waals surface area (Å²) in [4.78, 5) is -0.677. The molecule has 5 nitrogen and oxygen atoms in total. The van der Waals surface area contributed by atoms with Gasteiger partial charge in [-0.15, -0.1) is 0 Å². The lowest BCUT2D eigenvalue weighted by Gasteiger charge is -2.10. The van der Waals surface area contributed by atoms with E-state index in [1.54, 1.807) is 7.05 Å². The molecule has 0 aliphatic heterocycles. The van der Waals surface area contributed by atoms with E-state index in [2.05, 4.69) is 10.0 Å². The van der Waals surface area contributed by atoms with Crippen LogP contribution in [-0.2, 0) is 21.3 Å². The third kappa shape index (κ3) is 5.31. The molecule has 0 spiro atoms. The molecule has 0 bridgehead atoms. The zero-order chi connectivity index (χ0) is 15.9. The fourth-order valence-corrected chi connectivity index (χ4v) is 2.93. The molecule has 0 radical (unpaired) electrons. The number of rotatable bonds is 9. The summed E-state index contributed by atoms with van der Waals surface area (Å²) in [5, 5.41) is 2.75. The molecule has 2 N–H and O–H groups in total. The standard InChI is InChI=1S/C13H20F2N2O3S/c1-3-20-6-4-5-17-21(18,19)12-8-10(9-16-2)7-11(14)13(12)15/h7-8,16-17H,3-6,9H2,1-2H3. The van der Waals surface area contributed by atoms with E-state index in [0.29, 0.717) is 25.2 Å². The minimum atomic E-state index is -4.09. The molecule has 0 saturated carbocycles. The molecule has 0 heterocycles. The predicted octanol–water partition coefficient (Wildman–Crippen LogP) is 1.39. The summed E-state index contributed by atoms with van der Waals surface area (Å²) in [6.07, 6.45) is 0.452. The summed E-state index contributed by atoms with van der Waals surface area (Å²) >= 11 is 0. The molecule has 1 aromatic rings. The van der Waals surface area contributed by atoms with Crippen LogP contribution in [0.3, 0.4) is 0 Å². The van der Waals surface area contributed by atoms with Crippen LogP contribution in [0.5, 0.6) is 0 Å². The van der Waals surface area contributed by atoms with Gasteiger partial charge in [-0.05, 0) is 38.1 Å². The first-order valence-electron chi connectivity index (χ1n) is 6.62. The lowest BCUT2D eigenvalue weighted by Crippen LogP contribution is -2.27. The van der Waals surface area contributed by atoms with Gasteiger partial charge in [0.15, 0.2) is 11.6 Å². The topological polar surface area (TPSA) is 67.4 Å². The third-order valence-electron chi connectivity index (χ3n) is 2.69. The van der Waals surface area contributed by atoms with E-state index in [9.17, 15) is 17.2 Å². The SMILES string of the molecule is CCOCCCNS(=O)(=O)c1cc(CNC)cc(F)c1F. The van der Waals surface area contributed by atoms with Gasteiger partial charge < -0.3 is 10.1 Å². The quantitative estimate of drug-likeness (QED) is 0.674. The van der Waals surface area contributed by atoms with Crippen molar-refractivity contribution in [3.05, 3.63) is 29.3 Å². The molecule has 1 rings (SSSR count). The molecule has 1 aromatic carbocycles. The van der Waals surface area contributed by atoms with E-state index in [4.69, 9.17) is 4.74 Å². The van der Waals surface area contributed by atoms with Crippen molar-refractivity contribution in [2.75, 3.05) is 26.8 Å². The van der Waals surface area contributed by atoms with Crippen molar-refractivity contribution in [2.45, 2.75) is 24.8 Å². The number of halogens is 2. The number of hydrogen-bond acceptors (Lipinski definition) is 4. The molecule has 0 unspecified atom stereocenters. The maximum Gasteiger partial charge on any atom is 0.243 e. The van der Waals surface area contributed by atoms with E-state index in [-0.39, 0.29) is 13.1 Å². The molecule has 8 heteroatoms. The van der Waals surface area contributed by atoms with Gasteiger partial charge in [0.1, 0.15) is 4.90 Å². The normalized spacial score (nSPS) is 11.8. The molecule has 120 valence electrons. The van der Waals surface area contributed by atoms with E-state index in [1.165, 1.54) is 0 Å². The van der Waals surface area contributed by atoms with Crippen LogP contribution in [-0.4, -0.2) is 35.2 Å². The van der Waals surface area contributed by atoms with Crippen molar-refractivity contribution in [1.82, 2.24) is 10.0 Å². The summed E-state index contributed by atoms with van der Waals surface area (Å²) in [6, 6.07) is 2.10. The van der Waals surface area contributed by atoms with Crippen molar-refractivity contribution >= 4 is 10.0 Å². The van der Waals surface area contributed by atoms with E-state index < -0.39 is 26.6 Å². The molecule has 0 atom stereocenters. The highest BCUT2D eigenvalue weighted by Crippen LogP contribution is 2.19. The van der Waals surface area contributed by atoms with E-state index in [0.717, 1.165) is 12.1 Å². The second-order valence-electron chi connectivity index (χ2n) is 4.37. The van der Waals surface area contributed by atoms with E-state index >= 15 is 0 Å². The Balaban J connectivity index is 2.86. The van der Waals surface area contributed by atoms with Gasteiger partial charge in [0, 0.05) is 26.3 Å². The zero-order valence-corrected chi connectivity index (χ0v) is 12.9. The Bertz CT molecular complexity index is 565. The Kier molecular flexibility index (Phi) is 7.16. The monoisotopic (exact) mass is 322 g/mol. The largest absolute Gasteiger partial charge is 0.382 e. The van der Waals surface area contributed by atoms with Crippen molar-refractivity contribution in [3.8, 4) is 0 Å². The number of ether oxygens (including phenoxy) is 1. The third-order valence-corrected chi connectivity index (χ3v) is 4.15. The van der Waals surface area contributed by atoms with Crippen molar-refractivity contribution in [3.63, 3.8) is 0 Å². The minimum absolute atomic E-state index is 0.0969. The van der Waals surface area contributed by atoms with Gasteiger partial charge in [0.05, 0.1) is 0 Å². The highest BCUT2D eigenvalue weighted by Gasteiger charge is 2.22. The first-order valence-corrected chi connectivity index (χ1v) is 8.10. The van der Waals surface area contributed by atoms with Gasteiger partial charge in [0.2, 0.25) is 10.0 Å². The number of benzene rings is 1. The van der Waals surface area contributed by atoms with Gasteiger partial charge in [-0.2, -0.15) is 0 Å². The fraction of sp³-hybridized carbons (Fsp3) is 0.538. The van der Waals surface area contributed by atoms with Crippen LogP contribution in [0.1, 0.15) is 18.9 Å². The highest BCUT2D eigenvalue weighted by molar-refractivity contribution is 7.89.